The molecular weight excluding hydrogens is 326 g/mol. The SMILES string of the molecule is CCc1cc(OC)ccc1-c1nc(CC)c(NC(CC)CC)nc1OC. The Hall–Kier alpha value is -2.30. The molecule has 1 aromatic carbocycles. The first-order valence-electron chi connectivity index (χ1n) is 9.50. The summed E-state index contributed by atoms with van der Waals surface area (Å²) in [5.41, 5.74) is 3.96. The molecule has 5 nitrogen and oxygen atoms in total. The van der Waals surface area contributed by atoms with Crippen molar-refractivity contribution in [3.63, 3.8) is 0 Å². The third-order valence-corrected chi connectivity index (χ3v) is 4.74. The van der Waals surface area contributed by atoms with Gasteiger partial charge in [-0.15, -0.1) is 0 Å². The lowest BCUT2D eigenvalue weighted by Gasteiger charge is -2.20. The maximum atomic E-state index is 5.60. The summed E-state index contributed by atoms with van der Waals surface area (Å²) in [7, 11) is 3.33. The molecule has 0 bridgehead atoms. The van der Waals surface area contributed by atoms with E-state index in [-0.39, 0.29) is 0 Å². The third-order valence-electron chi connectivity index (χ3n) is 4.74. The van der Waals surface area contributed by atoms with E-state index in [1.807, 2.05) is 12.1 Å². The fourth-order valence-electron chi connectivity index (χ4n) is 3.04. The normalized spacial score (nSPS) is 10.9. The van der Waals surface area contributed by atoms with E-state index in [1.54, 1.807) is 14.2 Å². The number of ether oxygens (including phenoxy) is 2. The molecule has 5 heteroatoms. The van der Waals surface area contributed by atoms with Gasteiger partial charge in [0, 0.05) is 11.6 Å². The number of anilines is 1. The van der Waals surface area contributed by atoms with Crippen LogP contribution in [-0.4, -0.2) is 30.2 Å². The summed E-state index contributed by atoms with van der Waals surface area (Å²) < 4.78 is 11.0. The lowest BCUT2D eigenvalue weighted by molar-refractivity contribution is 0.397. The second-order valence-electron chi connectivity index (χ2n) is 6.26. The summed E-state index contributed by atoms with van der Waals surface area (Å²) >= 11 is 0. The number of aromatic nitrogens is 2. The Bertz CT molecular complexity index is 727. The second kappa shape index (κ2) is 9.41. The van der Waals surface area contributed by atoms with Crippen molar-refractivity contribution in [3.8, 4) is 22.9 Å². The van der Waals surface area contributed by atoms with Crippen LogP contribution in [0.3, 0.4) is 0 Å². The Morgan fingerprint density at radius 2 is 1.69 bits per heavy atom. The van der Waals surface area contributed by atoms with Gasteiger partial charge in [0.15, 0.2) is 5.82 Å². The molecule has 26 heavy (non-hydrogen) atoms. The molecule has 2 rings (SSSR count). The maximum Gasteiger partial charge on any atom is 0.242 e. The Balaban J connectivity index is 2.56. The number of nitrogens with zero attached hydrogens (tertiary/aromatic N) is 2. The van der Waals surface area contributed by atoms with Crippen LogP contribution in [0.1, 0.15) is 51.8 Å². The molecule has 0 amide bonds. The van der Waals surface area contributed by atoms with Gasteiger partial charge in [-0.25, -0.2) is 4.98 Å². The molecule has 0 radical (unpaired) electrons. The summed E-state index contributed by atoms with van der Waals surface area (Å²) in [6.45, 7) is 8.59. The molecule has 0 unspecified atom stereocenters. The summed E-state index contributed by atoms with van der Waals surface area (Å²) in [6.07, 6.45) is 3.78. The number of nitrogens with one attached hydrogen (secondary N) is 1. The van der Waals surface area contributed by atoms with E-state index in [2.05, 4.69) is 39.1 Å². The molecular formula is C21H31N3O2. The quantitative estimate of drug-likeness (QED) is 0.693. The lowest BCUT2D eigenvalue weighted by atomic mass is 10.0. The topological polar surface area (TPSA) is 56.3 Å². The van der Waals surface area contributed by atoms with Crippen molar-refractivity contribution in [2.75, 3.05) is 19.5 Å². The minimum absolute atomic E-state index is 0.386. The second-order valence-corrected chi connectivity index (χ2v) is 6.26. The number of hydrogen-bond acceptors (Lipinski definition) is 5. The zero-order valence-electron chi connectivity index (χ0n) is 16.8. The van der Waals surface area contributed by atoms with Gasteiger partial charge < -0.3 is 14.8 Å². The maximum absolute atomic E-state index is 5.60. The van der Waals surface area contributed by atoms with Gasteiger partial charge in [-0.3, -0.25) is 0 Å². The van der Waals surface area contributed by atoms with Gasteiger partial charge in [0.1, 0.15) is 11.4 Å². The standard InChI is InChI=1S/C21H31N3O2/c1-7-14-13-16(25-5)11-12-17(14)19-21(26-6)24-20(18(10-4)23-19)22-15(8-2)9-3/h11-13,15H,7-10H2,1-6H3,(H,22,24). The zero-order valence-corrected chi connectivity index (χ0v) is 16.8. The van der Waals surface area contributed by atoms with Crippen LogP contribution >= 0.6 is 0 Å². The predicted octanol–water partition coefficient (Wildman–Crippen LogP) is 4.89. The predicted molar refractivity (Wildman–Crippen MR) is 107 cm³/mol. The van der Waals surface area contributed by atoms with Gasteiger partial charge in [0.25, 0.3) is 0 Å². The Kier molecular flexibility index (Phi) is 7.25. The van der Waals surface area contributed by atoms with E-state index in [0.29, 0.717) is 11.9 Å². The van der Waals surface area contributed by atoms with Crippen LogP contribution in [-0.2, 0) is 12.8 Å². The first kappa shape index (κ1) is 20.0. The molecule has 0 aliphatic heterocycles. The average Bonchev–Trinajstić information content (AvgIpc) is 2.70. The zero-order chi connectivity index (χ0) is 19.1. The summed E-state index contributed by atoms with van der Waals surface area (Å²) in [5, 5.41) is 3.52. The highest BCUT2D eigenvalue weighted by molar-refractivity contribution is 5.70. The van der Waals surface area contributed by atoms with Crippen molar-refractivity contribution in [1.82, 2.24) is 9.97 Å². The van der Waals surface area contributed by atoms with Crippen LogP contribution in [0.25, 0.3) is 11.3 Å². The molecule has 0 fully saturated rings. The van der Waals surface area contributed by atoms with Gasteiger partial charge in [-0.05, 0) is 49.4 Å². The van der Waals surface area contributed by atoms with E-state index in [1.165, 1.54) is 5.56 Å². The van der Waals surface area contributed by atoms with E-state index in [0.717, 1.165) is 54.2 Å². The average molecular weight is 357 g/mol. The minimum Gasteiger partial charge on any atom is -0.497 e. The van der Waals surface area contributed by atoms with E-state index in [4.69, 9.17) is 19.4 Å². The fourth-order valence-corrected chi connectivity index (χ4v) is 3.04. The highest BCUT2D eigenvalue weighted by Crippen LogP contribution is 2.34. The monoisotopic (exact) mass is 357 g/mol. The molecule has 1 N–H and O–H groups in total. The number of rotatable bonds is 9. The van der Waals surface area contributed by atoms with Crippen molar-refractivity contribution in [1.29, 1.82) is 0 Å². The van der Waals surface area contributed by atoms with Crippen molar-refractivity contribution in [2.24, 2.45) is 0 Å². The van der Waals surface area contributed by atoms with E-state index in [9.17, 15) is 0 Å². The number of benzene rings is 1. The van der Waals surface area contributed by atoms with Crippen molar-refractivity contribution >= 4 is 5.82 Å². The molecule has 0 saturated carbocycles. The highest BCUT2D eigenvalue weighted by atomic mass is 16.5. The Morgan fingerprint density at radius 3 is 2.23 bits per heavy atom. The number of aryl methyl sites for hydroxylation is 2. The van der Waals surface area contributed by atoms with Crippen LogP contribution in [0, 0.1) is 0 Å². The molecule has 0 atom stereocenters. The van der Waals surface area contributed by atoms with Crippen LogP contribution in [0.15, 0.2) is 18.2 Å². The summed E-state index contributed by atoms with van der Waals surface area (Å²) in [5.74, 6) is 2.23. The molecule has 142 valence electrons. The van der Waals surface area contributed by atoms with Crippen LogP contribution in [0.2, 0.25) is 0 Å². The third kappa shape index (κ3) is 4.26. The van der Waals surface area contributed by atoms with Crippen LogP contribution < -0.4 is 14.8 Å². The smallest absolute Gasteiger partial charge is 0.242 e. The molecule has 1 heterocycles. The van der Waals surface area contributed by atoms with Gasteiger partial charge >= 0.3 is 0 Å². The van der Waals surface area contributed by atoms with Crippen LogP contribution in [0.5, 0.6) is 11.6 Å². The highest BCUT2D eigenvalue weighted by Gasteiger charge is 2.19. The largest absolute Gasteiger partial charge is 0.497 e. The molecule has 0 aliphatic carbocycles. The summed E-state index contributed by atoms with van der Waals surface area (Å²) in [6, 6.07) is 6.44. The lowest BCUT2D eigenvalue weighted by Crippen LogP contribution is -2.20. The van der Waals surface area contributed by atoms with Crippen LogP contribution in [0.4, 0.5) is 5.82 Å². The van der Waals surface area contributed by atoms with Gasteiger partial charge in [-0.1, -0.05) is 27.7 Å². The van der Waals surface area contributed by atoms with Gasteiger partial charge in [-0.2, -0.15) is 4.98 Å². The molecule has 2 aromatic rings. The van der Waals surface area contributed by atoms with Crippen molar-refractivity contribution < 1.29 is 9.47 Å². The fraction of sp³-hybridized carbons (Fsp3) is 0.524. The molecule has 0 saturated heterocycles. The van der Waals surface area contributed by atoms with Gasteiger partial charge in [0.2, 0.25) is 5.88 Å². The first-order chi connectivity index (χ1) is 12.6. The number of methoxy groups -OCH3 is 2. The first-order valence-corrected chi connectivity index (χ1v) is 9.50. The summed E-state index contributed by atoms with van der Waals surface area (Å²) in [4.78, 5) is 9.69. The Morgan fingerprint density at radius 1 is 0.962 bits per heavy atom. The Labute approximate surface area is 157 Å². The van der Waals surface area contributed by atoms with E-state index >= 15 is 0 Å². The van der Waals surface area contributed by atoms with Gasteiger partial charge in [0.05, 0.1) is 19.9 Å². The van der Waals surface area contributed by atoms with Crippen molar-refractivity contribution in [2.45, 2.75) is 59.4 Å². The number of hydrogen-bond donors (Lipinski definition) is 1. The molecule has 0 aliphatic rings. The minimum atomic E-state index is 0.386. The molecule has 0 spiro atoms. The van der Waals surface area contributed by atoms with Crippen molar-refractivity contribution in [3.05, 3.63) is 29.5 Å². The molecule has 1 aromatic heterocycles. The van der Waals surface area contributed by atoms with E-state index < -0.39 is 0 Å².